The zero-order valence-corrected chi connectivity index (χ0v) is 17.1. The van der Waals surface area contributed by atoms with Crippen molar-refractivity contribution in [2.45, 2.75) is 19.9 Å². The SMILES string of the molecule is COc1ccc(Cl)cc1NC(=O)CN(C)C(=O)CN(C)CC(=O)NC(C)C. The van der Waals surface area contributed by atoms with Crippen LogP contribution in [0.3, 0.4) is 0 Å². The quantitative estimate of drug-likeness (QED) is 0.652. The van der Waals surface area contributed by atoms with Gasteiger partial charge in [0, 0.05) is 18.1 Å². The van der Waals surface area contributed by atoms with E-state index in [1.165, 1.54) is 19.1 Å². The summed E-state index contributed by atoms with van der Waals surface area (Å²) < 4.78 is 5.17. The standard InChI is InChI=1S/C18H27ClN4O4/c1-12(2)20-16(24)9-22(3)11-18(26)23(4)10-17(25)21-14-8-13(19)6-7-15(14)27-5/h6-8,12H,9-11H2,1-5H3,(H,20,24)(H,21,25). The van der Waals surface area contributed by atoms with Gasteiger partial charge >= 0.3 is 0 Å². The third kappa shape index (κ3) is 8.27. The van der Waals surface area contributed by atoms with Crippen molar-refractivity contribution in [3.63, 3.8) is 0 Å². The van der Waals surface area contributed by atoms with Crippen LogP contribution in [0, 0.1) is 0 Å². The molecule has 1 aromatic rings. The van der Waals surface area contributed by atoms with Crippen LogP contribution < -0.4 is 15.4 Å². The van der Waals surface area contributed by atoms with Gasteiger partial charge in [0.05, 0.1) is 32.4 Å². The molecular formula is C18H27ClN4O4. The number of nitrogens with zero attached hydrogens (tertiary/aromatic N) is 2. The molecule has 0 bridgehead atoms. The number of amides is 3. The van der Waals surface area contributed by atoms with Crippen LogP contribution in [0.25, 0.3) is 0 Å². The number of halogens is 1. The summed E-state index contributed by atoms with van der Waals surface area (Å²) in [5, 5.41) is 5.89. The number of anilines is 1. The summed E-state index contributed by atoms with van der Waals surface area (Å²) in [5.41, 5.74) is 0.429. The molecule has 0 atom stereocenters. The number of benzene rings is 1. The van der Waals surface area contributed by atoms with Crippen molar-refractivity contribution in [1.29, 1.82) is 0 Å². The van der Waals surface area contributed by atoms with Crippen molar-refractivity contribution < 1.29 is 19.1 Å². The van der Waals surface area contributed by atoms with Crippen molar-refractivity contribution in [3.05, 3.63) is 23.2 Å². The van der Waals surface area contributed by atoms with E-state index in [1.807, 2.05) is 13.8 Å². The maximum Gasteiger partial charge on any atom is 0.244 e. The van der Waals surface area contributed by atoms with E-state index in [1.54, 1.807) is 30.1 Å². The van der Waals surface area contributed by atoms with Crippen LogP contribution in [-0.4, -0.2) is 74.4 Å². The summed E-state index contributed by atoms with van der Waals surface area (Å²) in [6, 6.07) is 4.90. The van der Waals surface area contributed by atoms with E-state index in [2.05, 4.69) is 10.6 Å². The van der Waals surface area contributed by atoms with Gasteiger partial charge in [-0.3, -0.25) is 19.3 Å². The first-order valence-corrected chi connectivity index (χ1v) is 8.85. The molecule has 2 N–H and O–H groups in total. The first-order valence-electron chi connectivity index (χ1n) is 8.47. The summed E-state index contributed by atoms with van der Waals surface area (Å²) in [4.78, 5) is 39.1. The number of methoxy groups -OCH3 is 1. The Kier molecular flexibility index (Phi) is 9.04. The smallest absolute Gasteiger partial charge is 0.244 e. The largest absolute Gasteiger partial charge is 0.495 e. The molecule has 0 radical (unpaired) electrons. The summed E-state index contributed by atoms with van der Waals surface area (Å²) in [6.45, 7) is 3.72. The number of ether oxygens (including phenoxy) is 1. The lowest BCUT2D eigenvalue weighted by Crippen LogP contribution is -2.44. The number of hydrogen-bond donors (Lipinski definition) is 2. The predicted octanol–water partition coefficient (Wildman–Crippen LogP) is 1.20. The molecule has 0 fully saturated rings. The van der Waals surface area contributed by atoms with Crippen LogP contribution in [0.15, 0.2) is 18.2 Å². The third-order valence-electron chi connectivity index (χ3n) is 3.51. The van der Waals surface area contributed by atoms with E-state index in [9.17, 15) is 14.4 Å². The number of carbonyl (C=O) groups is 3. The highest BCUT2D eigenvalue weighted by molar-refractivity contribution is 6.31. The molecule has 3 amide bonds. The second kappa shape index (κ2) is 10.7. The Balaban J connectivity index is 2.53. The summed E-state index contributed by atoms with van der Waals surface area (Å²) in [7, 11) is 4.68. The molecule has 9 heteroatoms. The highest BCUT2D eigenvalue weighted by atomic mass is 35.5. The molecule has 1 aromatic carbocycles. The van der Waals surface area contributed by atoms with Gasteiger partial charge in [0.15, 0.2) is 0 Å². The highest BCUT2D eigenvalue weighted by Gasteiger charge is 2.17. The molecular weight excluding hydrogens is 372 g/mol. The molecule has 1 rings (SSSR count). The van der Waals surface area contributed by atoms with E-state index in [4.69, 9.17) is 16.3 Å². The predicted molar refractivity (Wildman–Crippen MR) is 105 cm³/mol. The fourth-order valence-electron chi connectivity index (χ4n) is 2.29. The maximum atomic E-state index is 12.2. The van der Waals surface area contributed by atoms with Crippen LogP contribution in [0.1, 0.15) is 13.8 Å². The molecule has 0 aliphatic carbocycles. The van der Waals surface area contributed by atoms with Crippen molar-refractivity contribution in [3.8, 4) is 5.75 Å². The van der Waals surface area contributed by atoms with Crippen molar-refractivity contribution in [2.75, 3.05) is 46.2 Å². The normalized spacial score (nSPS) is 10.7. The molecule has 0 aliphatic heterocycles. The molecule has 0 saturated heterocycles. The van der Waals surface area contributed by atoms with E-state index in [0.717, 1.165) is 0 Å². The third-order valence-corrected chi connectivity index (χ3v) is 3.75. The van der Waals surface area contributed by atoms with Crippen LogP contribution in [0.5, 0.6) is 5.75 Å². The van der Waals surface area contributed by atoms with E-state index < -0.39 is 0 Å². The number of nitrogens with one attached hydrogen (secondary N) is 2. The van der Waals surface area contributed by atoms with Gasteiger partial charge in [0.1, 0.15) is 5.75 Å². The molecule has 0 spiro atoms. The summed E-state index contributed by atoms with van der Waals surface area (Å²) in [6.07, 6.45) is 0. The zero-order chi connectivity index (χ0) is 20.6. The monoisotopic (exact) mass is 398 g/mol. The zero-order valence-electron chi connectivity index (χ0n) is 16.3. The van der Waals surface area contributed by atoms with Crippen LogP contribution in [0.4, 0.5) is 5.69 Å². The average molecular weight is 399 g/mol. The topological polar surface area (TPSA) is 91.0 Å². The molecule has 8 nitrogen and oxygen atoms in total. The lowest BCUT2D eigenvalue weighted by molar-refractivity contribution is -0.134. The minimum absolute atomic E-state index is 0.0236. The lowest BCUT2D eigenvalue weighted by atomic mass is 10.3. The van der Waals surface area contributed by atoms with Crippen molar-refractivity contribution in [2.24, 2.45) is 0 Å². The Labute approximate surface area is 164 Å². The Morgan fingerprint density at radius 1 is 1.11 bits per heavy atom. The Morgan fingerprint density at radius 3 is 2.37 bits per heavy atom. The van der Waals surface area contributed by atoms with Gasteiger partial charge < -0.3 is 20.3 Å². The minimum Gasteiger partial charge on any atom is -0.495 e. The summed E-state index contributed by atoms with van der Waals surface area (Å²) in [5.74, 6) is -0.346. The second-order valence-electron chi connectivity index (χ2n) is 6.54. The molecule has 0 aromatic heterocycles. The average Bonchev–Trinajstić information content (AvgIpc) is 2.53. The van der Waals surface area contributed by atoms with Crippen LogP contribution in [0.2, 0.25) is 5.02 Å². The van der Waals surface area contributed by atoms with Gasteiger partial charge in [-0.1, -0.05) is 11.6 Å². The highest BCUT2D eigenvalue weighted by Crippen LogP contribution is 2.27. The van der Waals surface area contributed by atoms with Crippen molar-refractivity contribution in [1.82, 2.24) is 15.1 Å². The molecule has 27 heavy (non-hydrogen) atoms. The van der Waals surface area contributed by atoms with E-state index in [0.29, 0.717) is 16.5 Å². The molecule has 0 saturated carbocycles. The minimum atomic E-state index is -0.383. The number of carbonyl (C=O) groups excluding carboxylic acids is 3. The lowest BCUT2D eigenvalue weighted by Gasteiger charge is -2.22. The van der Waals surface area contributed by atoms with Gasteiger partial charge in [0.2, 0.25) is 17.7 Å². The number of likely N-dealkylation sites (N-methyl/N-ethyl adjacent to an activating group) is 2. The van der Waals surface area contributed by atoms with E-state index >= 15 is 0 Å². The summed E-state index contributed by atoms with van der Waals surface area (Å²) >= 11 is 5.93. The fraction of sp³-hybridized carbons (Fsp3) is 0.500. The molecule has 0 unspecified atom stereocenters. The number of hydrogen-bond acceptors (Lipinski definition) is 5. The van der Waals surface area contributed by atoms with Crippen LogP contribution in [-0.2, 0) is 14.4 Å². The van der Waals surface area contributed by atoms with Crippen molar-refractivity contribution >= 4 is 35.0 Å². The molecule has 150 valence electrons. The van der Waals surface area contributed by atoms with Gasteiger partial charge in [-0.25, -0.2) is 0 Å². The number of rotatable bonds is 9. The van der Waals surface area contributed by atoms with Crippen LogP contribution >= 0.6 is 11.6 Å². The van der Waals surface area contributed by atoms with Gasteiger partial charge in [-0.2, -0.15) is 0 Å². The first kappa shape index (κ1) is 22.7. The first-order chi connectivity index (χ1) is 12.6. The van der Waals surface area contributed by atoms with Gasteiger partial charge in [0.25, 0.3) is 0 Å². The van der Waals surface area contributed by atoms with Gasteiger partial charge in [-0.05, 0) is 39.1 Å². The van der Waals surface area contributed by atoms with E-state index in [-0.39, 0.29) is 43.4 Å². The van der Waals surface area contributed by atoms with Gasteiger partial charge in [-0.15, -0.1) is 0 Å². The maximum absolute atomic E-state index is 12.2. The Morgan fingerprint density at radius 2 is 1.78 bits per heavy atom. The second-order valence-corrected chi connectivity index (χ2v) is 6.97. The molecule has 0 heterocycles. The Hall–Kier alpha value is -2.32. The fourth-order valence-corrected chi connectivity index (χ4v) is 2.46. The Bertz CT molecular complexity index is 681. The molecule has 0 aliphatic rings.